The van der Waals surface area contributed by atoms with Crippen LogP contribution >= 0.6 is 0 Å². The first-order valence-corrected chi connectivity index (χ1v) is 16.8. The summed E-state index contributed by atoms with van der Waals surface area (Å²) < 4.78 is 18.5. The van der Waals surface area contributed by atoms with E-state index in [-0.39, 0.29) is 42.0 Å². The Morgan fingerprint density at radius 3 is 2.44 bits per heavy atom. The molecule has 11 heteroatoms. The fraction of sp³-hybridized carbons (Fsp3) is 0.706. The van der Waals surface area contributed by atoms with Crippen LogP contribution in [0.5, 0.6) is 5.75 Å². The number of rotatable bonds is 4. The van der Waals surface area contributed by atoms with E-state index in [1.165, 1.54) is 5.56 Å². The minimum absolute atomic E-state index is 0.0530. The molecule has 1 aromatic rings. The van der Waals surface area contributed by atoms with Crippen molar-refractivity contribution in [2.45, 2.75) is 120 Å². The first kappa shape index (κ1) is 30.5. The average Bonchev–Trinajstić information content (AvgIpc) is 3.70. The highest BCUT2D eigenvalue weighted by atomic mass is 16.6. The fourth-order valence-corrected chi connectivity index (χ4v) is 8.36. The van der Waals surface area contributed by atoms with Crippen LogP contribution in [0.2, 0.25) is 0 Å². The second-order valence-corrected chi connectivity index (χ2v) is 14.9. The number of nitrogens with one attached hydrogen (secondary N) is 1. The standard InChI is InChI=1S/C34H46N4O7/c1-33(2,3)45-32(42)37-14-10-22(11-15-37)44-23-5-4-21(18-23)36-16-12-34(13-17-36)20-43-29-25-19-38(27-8-9-28(39)35-30(27)40)31(41)24(25)6-7-26(29)34/h6-7,21-23,27H,4-5,8-20H2,1-3H3,(H,35,39,40)/t21-,23-,27?/m1/s1. The third-order valence-corrected chi connectivity index (χ3v) is 10.8. The largest absolute Gasteiger partial charge is 0.492 e. The van der Waals surface area contributed by atoms with Gasteiger partial charge in [-0.15, -0.1) is 0 Å². The molecular weight excluding hydrogens is 576 g/mol. The van der Waals surface area contributed by atoms with Crippen LogP contribution in [0, 0.1) is 0 Å². The lowest BCUT2D eigenvalue weighted by atomic mass is 9.73. The van der Waals surface area contributed by atoms with Gasteiger partial charge in [0.2, 0.25) is 11.8 Å². The Morgan fingerprint density at radius 2 is 1.73 bits per heavy atom. The van der Waals surface area contributed by atoms with Gasteiger partial charge >= 0.3 is 6.09 Å². The van der Waals surface area contributed by atoms with Gasteiger partial charge in [0.1, 0.15) is 17.4 Å². The van der Waals surface area contributed by atoms with Crippen LogP contribution in [0.3, 0.4) is 0 Å². The van der Waals surface area contributed by atoms with Crippen molar-refractivity contribution in [1.82, 2.24) is 20.0 Å². The second kappa shape index (κ2) is 11.6. The van der Waals surface area contributed by atoms with Gasteiger partial charge in [0, 0.05) is 47.7 Å². The van der Waals surface area contributed by atoms with Crippen LogP contribution in [0.25, 0.3) is 0 Å². The zero-order chi connectivity index (χ0) is 31.5. The van der Waals surface area contributed by atoms with Crippen LogP contribution in [-0.4, -0.2) is 101 Å². The molecule has 244 valence electrons. The van der Waals surface area contributed by atoms with Crippen molar-refractivity contribution in [3.8, 4) is 5.75 Å². The van der Waals surface area contributed by atoms with E-state index in [4.69, 9.17) is 14.2 Å². The molecule has 1 aromatic carbocycles. The number of nitrogens with zero attached hydrogens (tertiary/aromatic N) is 3. The van der Waals surface area contributed by atoms with Crippen LogP contribution < -0.4 is 10.1 Å². The van der Waals surface area contributed by atoms with Gasteiger partial charge in [-0.2, -0.15) is 0 Å². The zero-order valence-corrected chi connectivity index (χ0v) is 26.8. The SMILES string of the molecule is CC(C)(C)OC(=O)N1CCC(O[C@@H]2CC[C@@H](N3CCC4(CC3)COc3c4ccc4c3CN(C3CCC(=O)NC3=O)C4=O)C2)CC1. The molecule has 6 aliphatic rings. The Bertz CT molecular complexity index is 1370. The van der Waals surface area contributed by atoms with E-state index in [1.807, 2.05) is 26.8 Å². The molecule has 0 radical (unpaired) electrons. The predicted octanol–water partition coefficient (Wildman–Crippen LogP) is 3.51. The quantitative estimate of drug-likeness (QED) is 0.507. The number of carbonyl (C=O) groups excluding carboxylic acids is 4. The number of amides is 4. The number of piperidine rings is 3. The lowest BCUT2D eigenvalue weighted by Crippen LogP contribution is -2.52. The van der Waals surface area contributed by atoms with E-state index >= 15 is 0 Å². The molecule has 3 atom stereocenters. The topological polar surface area (TPSA) is 118 Å². The van der Waals surface area contributed by atoms with Gasteiger partial charge in [0.25, 0.3) is 5.91 Å². The Balaban J connectivity index is 0.917. The van der Waals surface area contributed by atoms with Crippen LogP contribution in [0.1, 0.15) is 100 Å². The van der Waals surface area contributed by atoms with E-state index in [0.29, 0.717) is 44.3 Å². The van der Waals surface area contributed by atoms with Crippen molar-refractivity contribution in [2.24, 2.45) is 0 Å². The molecule has 7 rings (SSSR count). The predicted molar refractivity (Wildman–Crippen MR) is 164 cm³/mol. The maximum absolute atomic E-state index is 13.3. The van der Waals surface area contributed by atoms with Gasteiger partial charge < -0.3 is 28.9 Å². The average molecular weight is 623 g/mol. The lowest BCUT2D eigenvalue weighted by Gasteiger charge is -2.41. The van der Waals surface area contributed by atoms with Crippen molar-refractivity contribution >= 4 is 23.8 Å². The van der Waals surface area contributed by atoms with Crippen LogP contribution in [0.15, 0.2) is 12.1 Å². The van der Waals surface area contributed by atoms with Gasteiger partial charge in [-0.1, -0.05) is 6.07 Å². The molecule has 45 heavy (non-hydrogen) atoms. The third-order valence-electron chi connectivity index (χ3n) is 10.8. The lowest BCUT2D eigenvalue weighted by molar-refractivity contribution is -0.136. The molecule has 1 unspecified atom stereocenters. The first-order valence-electron chi connectivity index (χ1n) is 16.8. The third kappa shape index (κ3) is 5.82. The van der Waals surface area contributed by atoms with Crippen molar-refractivity contribution < 1.29 is 33.4 Å². The number of likely N-dealkylation sites (tertiary alicyclic amines) is 2. The molecule has 1 aliphatic carbocycles. The molecule has 0 bridgehead atoms. The number of fused-ring (bicyclic) bond motifs is 4. The number of benzene rings is 1. The molecule has 5 aliphatic heterocycles. The summed E-state index contributed by atoms with van der Waals surface area (Å²) in [6, 6.07) is 3.90. The molecule has 3 saturated heterocycles. The molecule has 1 saturated carbocycles. The molecule has 1 N–H and O–H groups in total. The fourth-order valence-electron chi connectivity index (χ4n) is 8.36. The molecule has 4 amide bonds. The van der Waals surface area contributed by atoms with E-state index in [0.717, 1.165) is 69.3 Å². The molecular formula is C34H46N4O7. The van der Waals surface area contributed by atoms with E-state index < -0.39 is 17.6 Å². The number of ether oxygens (including phenoxy) is 3. The minimum Gasteiger partial charge on any atom is -0.492 e. The summed E-state index contributed by atoms with van der Waals surface area (Å²) in [5.41, 5.74) is 2.16. The first-order chi connectivity index (χ1) is 21.5. The highest BCUT2D eigenvalue weighted by Crippen LogP contribution is 2.50. The van der Waals surface area contributed by atoms with Crippen molar-refractivity contribution in [1.29, 1.82) is 0 Å². The Morgan fingerprint density at radius 1 is 0.978 bits per heavy atom. The molecule has 0 aromatic heterocycles. The smallest absolute Gasteiger partial charge is 0.410 e. The normalized spacial score (nSPS) is 28.7. The minimum atomic E-state index is -0.624. The van der Waals surface area contributed by atoms with Gasteiger partial charge in [-0.05, 0) is 91.3 Å². The van der Waals surface area contributed by atoms with Gasteiger partial charge in [0.05, 0.1) is 25.4 Å². The van der Waals surface area contributed by atoms with Crippen molar-refractivity contribution in [3.05, 3.63) is 28.8 Å². The van der Waals surface area contributed by atoms with Crippen LogP contribution in [-0.2, 0) is 31.0 Å². The summed E-state index contributed by atoms with van der Waals surface area (Å²) in [5, 5.41) is 2.38. The summed E-state index contributed by atoms with van der Waals surface area (Å²) >= 11 is 0. The van der Waals surface area contributed by atoms with E-state index in [2.05, 4.69) is 16.3 Å². The molecule has 1 spiro atoms. The maximum Gasteiger partial charge on any atom is 0.410 e. The van der Waals surface area contributed by atoms with Gasteiger partial charge in [0.15, 0.2) is 0 Å². The van der Waals surface area contributed by atoms with Crippen LogP contribution in [0.4, 0.5) is 4.79 Å². The van der Waals surface area contributed by atoms with Gasteiger partial charge in [-0.3, -0.25) is 19.7 Å². The second-order valence-electron chi connectivity index (χ2n) is 14.9. The molecule has 4 fully saturated rings. The number of carbonyl (C=O) groups is 4. The maximum atomic E-state index is 13.3. The van der Waals surface area contributed by atoms with Crippen molar-refractivity contribution in [3.63, 3.8) is 0 Å². The van der Waals surface area contributed by atoms with Crippen molar-refractivity contribution in [2.75, 3.05) is 32.8 Å². The summed E-state index contributed by atoms with van der Waals surface area (Å²) in [7, 11) is 0. The summed E-state index contributed by atoms with van der Waals surface area (Å²) in [4.78, 5) is 55.9. The molecule has 11 nitrogen and oxygen atoms in total. The Hall–Kier alpha value is -3.18. The highest BCUT2D eigenvalue weighted by Gasteiger charge is 2.48. The highest BCUT2D eigenvalue weighted by molar-refractivity contribution is 6.05. The van der Waals surface area contributed by atoms with Gasteiger partial charge in [-0.25, -0.2) is 4.79 Å². The number of imide groups is 1. The molecule has 5 heterocycles. The Kier molecular flexibility index (Phi) is 7.83. The number of hydrogen-bond acceptors (Lipinski definition) is 8. The number of hydrogen-bond donors (Lipinski definition) is 1. The van der Waals surface area contributed by atoms with E-state index in [9.17, 15) is 19.2 Å². The monoisotopic (exact) mass is 622 g/mol. The zero-order valence-electron chi connectivity index (χ0n) is 26.8. The summed E-state index contributed by atoms with van der Waals surface area (Å²) in [6.07, 6.45) is 7.84. The summed E-state index contributed by atoms with van der Waals surface area (Å²) in [5.74, 6) is -0.00246. The Labute approximate surface area is 264 Å². The van der Waals surface area contributed by atoms with E-state index in [1.54, 1.807) is 9.80 Å². The summed E-state index contributed by atoms with van der Waals surface area (Å²) in [6.45, 7) is 10.0.